The number of anilines is 2. The summed E-state index contributed by atoms with van der Waals surface area (Å²) < 4.78 is 1.90. The quantitative estimate of drug-likeness (QED) is 0.716. The number of benzene rings is 2. The van der Waals surface area contributed by atoms with Gasteiger partial charge in [0.05, 0.1) is 21.4 Å². The largest absolute Gasteiger partial charge is 0.325 e. The van der Waals surface area contributed by atoms with Gasteiger partial charge in [-0.1, -0.05) is 47.5 Å². The van der Waals surface area contributed by atoms with Crippen molar-refractivity contribution in [2.75, 3.05) is 5.32 Å². The molecule has 0 fully saturated rings. The smallest absolute Gasteiger partial charge is 0.212 e. The molecule has 1 N–H and O–H groups in total. The van der Waals surface area contributed by atoms with Crippen LogP contribution in [0.25, 0.3) is 5.69 Å². The third kappa shape index (κ3) is 2.89. The van der Waals surface area contributed by atoms with Crippen molar-refractivity contribution in [1.82, 2.24) is 9.55 Å². The number of rotatable bonds is 3. The molecule has 21 heavy (non-hydrogen) atoms. The third-order valence-electron chi connectivity index (χ3n) is 3.05. The molecule has 3 aromatic rings. The van der Waals surface area contributed by atoms with Crippen LogP contribution in [-0.2, 0) is 0 Å². The van der Waals surface area contributed by atoms with Gasteiger partial charge in [0.25, 0.3) is 0 Å². The van der Waals surface area contributed by atoms with Gasteiger partial charge in [-0.3, -0.25) is 4.57 Å². The molecule has 1 aromatic heterocycles. The highest BCUT2D eigenvalue weighted by Gasteiger charge is 2.12. The summed E-state index contributed by atoms with van der Waals surface area (Å²) in [6.45, 7) is 1.94. The summed E-state index contributed by atoms with van der Waals surface area (Å²) in [5.41, 5.74) is 2.65. The van der Waals surface area contributed by atoms with E-state index in [1.165, 1.54) is 0 Å². The van der Waals surface area contributed by atoms with Crippen LogP contribution in [0, 0.1) is 6.92 Å². The molecule has 0 saturated heterocycles. The number of para-hydroxylation sites is 1. The third-order valence-corrected chi connectivity index (χ3v) is 3.86. The van der Waals surface area contributed by atoms with E-state index in [0.717, 1.165) is 17.1 Å². The summed E-state index contributed by atoms with van der Waals surface area (Å²) in [7, 11) is 0. The summed E-state index contributed by atoms with van der Waals surface area (Å²) in [5, 5.41) is 4.32. The average molecular weight is 318 g/mol. The summed E-state index contributed by atoms with van der Waals surface area (Å²) >= 11 is 12.4. The van der Waals surface area contributed by atoms with E-state index >= 15 is 0 Å². The fraction of sp³-hybridized carbons (Fsp3) is 0.0625. The SMILES string of the molecule is Cc1cn(-c2cccc(Cl)c2Cl)c(Nc2ccccc2)n1. The van der Waals surface area contributed by atoms with Crippen LogP contribution in [0.1, 0.15) is 5.69 Å². The Morgan fingerprint density at radius 3 is 2.52 bits per heavy atom. The average Bonchev–Trinajstić information content (AvgIpc) is 2.83. The van der Waals surface area contributed by atoms with Gasteiger partial charge in [0.2, 0.25) is 5.95 Å². The lowest BCUT2D eigenvalue weighted by Gasteiger charge is -2.11. The molecule has 0 radical (unpaired) electrons. The van der Waals surface area contributed by atoms with Crippen molar-refractivity contribution in [3.63, 3.8) is 0 Å². The highest BCUT2D eigenvalue weighted by atomic mass is 35.5. The van der Waals surface area contributed by atoms with Gasteiger partial charge in [-0.2, -0.15) is 0 Å². The van der Waals surface area contributed by atoms with E-state index in [2.05, 4.69) is 10.3 Å². The Labute approximate surface area is 133 Å². The van der Waals surface area contributed by atoms with Crippen LogP contribution in [0.15, 0.2) is 54.7 Å². The van der Waals surface area contributed by atoms with Crippen LogP contribution >= 0.6 is 23.2 Å². The van der Waals surface area contributed by atoms with Gasteiger partial charge in [0, 0.05) is 11.9 Å². The molecule has 0 aliphatic heterocycles. The van der Waals surface area contributed by atoms with E-state index in [9.17, 15) is 0 Å². The summed E-state index contributed by atoms with van der Waals surface area (Å²) in [6, 6.07) is 15.4. The topological polar surface area (TPSA) is 29.9 Å². The van der Waals surface area contributed by atoms with Crippen molar-refractivity contribution in [2.24, 2.45) is 0 Å². The number of hydrogen-bond acceptors (Lipinski definition) is 2. The number of nitrogens with zero attached hydrogens (tertiary/aromatic N) is 2. The van der Waals surface area contributed by atoms with Crippen molar-refractivity contribution in [3.8, 4) is 5.69 Å². The minimum Gasteiger partial charge on any atom is -0.325 e. The first kappa shape index (κ1) is 14.0. The number of imidazole rings is 1. The van der Waals surface area contributed by atoms with Crippen molar-refractivity contribution >= 4 is 34.8 Å². The zero-order chi connectivity index (χ0) is 14.8. The second-order valence-electron chi connectivity index (χ2n) is 4.64. The first-order chi connectivity index (χ1) is 10.1. The van der Waals surface area contributed by atoms with E-state index in [1.54, 1.807) is 6.07 Å². The van der Waals surface area contributed by atoms with Crippen LogP contribution in [0.5, 0.6) is 0 Å². The zero-order valence-electron chi connectivity index (χ0n) is 11.3. The first-order valence-corrected chi connectivity index (χ1v) is 7.23. The molecule has 3 rings (SSSR count). The second-order valence-corrected chi connectivity index (χ2v) is 5.43. The van der Waals surface area contributed by atoms with Crippen molar-refractivity contribution in [3.05, 3.63) is 70.5 Å². The highest BCUT2D eigenvalue weighted by molar-refractivity contribution is 6.43. The van der Waals surface area contributed by atoms with E-state index in [1.807, 2.05) is 60.2 Å². The Hall–Kier alpha value is -1.97. The lowest BCUT2D eigenvalue weighted by molar-refractivity contribution is 1.06. The molecule has 1 heterocycles. The lowest BCUT2D eigenvalue weighted by Crippen LogP contribution is -2.01. The highest BCUT2D eigenvalue weighted by Crippen LogP contribution is 2.31. The summed E-state index contributed by atoms with van der Waals surface area (Å²) in [6.07, 6.45) is 1.92. The number of halogens is 2. The van der Waals surface area contributed by atoms with E-state index in [0.29, 0.717) is 16.0 Å². The van der Waals surface area contributed by atoms with E-state index < -0.39 is 0 Å². The Balaban J connectivity index is 2.06. The van der Waals surface area contributed by atoms with Crippen LogP contribution < -0.4 is 5.32 Å². The van der Waals surface area contributed by atoms with Crippen LogP contribution in [0.2, 0.25) is 10.0 Å². The number of nitrogens with one attached hydrogen (secondary N) is 1. The lowest BCUT2D eigenvalue weighted by atomic mass is 10.3. The van der Waals surface area contributed by atoms with Gasteiger partial charge >= 0.3 is 0 Å². The standard InChI is InChI=1S/C16H13Cl2N3/c1-11-10-21(14-9-5-8-13(17)15(14)18)16(19-11)20-12-6-3-2-4-7-12/h2-10H,1H3,(H,19,20). The Bertz CT molecular complexity index is 766. The molecule has 0 amide bonds. The monoisotopic (exact) mass is 317 g/mol. The number of hydrogen-bond donors (Lipinski definition) is 1. The minimum absolute atomic E-state index is 0.507. The molecule has 0 atom stereocenters. The molecular weight excluding hydrogens is 305 g/mol. The maximum atomic E-state index is 6.30. The van der Waals surface area contributed by atoms with Crippen LogP contribution in [-0.4, -0.2) is 9.55 Å². The van der Waals surface area contributed by atoms with Gasteiger partial charge in [0.1, 0.15) is 0 Å². The Morgan fingerprint density at radius 2 is 1.76 bits per heavy atom. The van der Waals surface area contributed by atoms with Gasteiger partial charge in [-0.05, 0) is 31.2 Å². The maximum Gasteiger partial charge on any atom is 0.212 e. The summed E-state index contributed by atoms with van der Waals surface area (Å²) in [5.74, 6) is 0.697. The fourth-order valence-corrected chi connectivity index (χ4v) is 2.49. The van der Waals surface area contributed by atoms with Crippen molar-refractivity contribution < 1.29 is 0 Å². The molecule has 2 aromatic carbocycles. The maximum absolute atomic E-state index is 6.30. The van der Waals surface area contributed by atoms with Gasteiger partial charge < -0.3 is 5.32 Å². The number of aryl methyl sites for hydroxylation is 1. The van der Waals surface area contributed by atoms with Crippen molar-refractivity contribution in [1.29, 1.82) is 0 Å². The Morgan fingerprint density at radius 1 is 1.00 bits per heavy atom. The molecule has 0 spiro atoms. The van der Waals surface area contributed by atoms with Crippen molar-refractivity contribution in [2.45, 2.75) is 6.92 Å². The van der Waals surface area contributed by atoms with Crippen LogP contribution in [0.3, 0.4) is 0 Å². The van der Waals surface area contributed by atoms with Gasteiger partial charge in [-0.15, -0.1) is 0 Å². The zero-order valence-corrected chi connectivity index (χ0v) is 12.9. The van der Waals surface area contributed by atoms with E-state index in [-0.39, 0.29) is 0 Å². The molecule has 5 heteroatoms. The van der Waals surface area contributed by atoms with Gasteiger partial charge in [0.15, 0.2) is 0 Å². The first-order valence-electron chi connectivity index (χ1n) is 6.47. The van der Waals surface area contributed by atoms with E-state index in [4.69, 9.17) is 23.2 Å². The summed E-state index contributed by atoms with van der Waals surface area (Å²) in [4.78, 5) is 4.50. The fourth-order valence-electron chi connectivity index (χ4n) is 2.10. The minimum atomic E-state index is 0.507. The molecular formula is C16H13Cl2N3. The van der Waals surface area contributed by atoms with Crippen LogP contribution in [0.4, 0.5) is 11.6 Å². The predicted octanol–water partition coefficient (Wildman–Crippen LogP) is 5.23. The number of aromatic nitrogens is 2. The molecule has 0 aliphatic rings. The molecule has 0 bridgehead atoms. The normalized spacial score (nSPS) is 10.6. The second kappa shape index (κ2) is 5.80. The molecule has 0 saturated carbocycles. The molecule has 0 aliphatic carbocycles. The molecule has 3 nitrogen and oxygen atoms in total. The molecule has 106 valence electrons. The van der Waals surface area contributed by atoms with Gasteiger partial charge in [-0.25, -0.2) is 4.98 Å². The Kier molecular flexibility index (Phi) is 3.86. The predicted molar refractivity (Wildman–Crippen MR) is 88.0 cm³/mol. The molecule has 0 unspecified atom stereocenters.